The summed E-state index contributed by atoms with van der Waals surface area (Å²) >= 11 is 0. The monoisotopic (exact) mass is 412 g/mol. The van der Waals surface area contributed by atoms with Gasteiger partial charge >= 0.3 is 6.09 Å². The highest BCUT2D eigenvalue weighted by Crippen LogP contribution is 2.17. The fourth-order valence-electron chi connectivity index (χ4n) is 3.73. The molecule has 2 N–H and O–H groups in total. The number of rotatable bonds is 5. The lowest BCUT2D eigenvalue weighted by atomic mass is 10.1. The molecule has 0 radical (unpaired) electrons. The van der Waals surface area contributed by atoms with E-state index in [0.717, 1.165) is 41.4 Å². The predicted octanol–water partition coefficient (Wildman–Crippen LogP) is 2.78. The van der Waals surface area contributed by atoms with Crippen molar-refractivity contribution in [2.75, 3.05) is 26.7 Å². The Morgan fingerprint density at radius 1 is 1.27 bits per heavy atom. The molecule has 0 bridgehead atoms. The quantitative estimate of drug-likeness (QED) is 0.583. The third kappa shape index (κ3) is 5.31. The zero-order valence-electron chi connectivity index (χ0n) is 18.3. The highest BCUT2D eigenvalue weighted by atomic mass is 16.6. The Labute approximate surface area is 178 Å². The molecule has 8 heteroatoms. The molecule has 1 aliphatic heterocycles. The van der Waals surface area contributed by atoms with Crippen LogP contribution in [-0.2, 0) is 11.3 Å². The third-order valence-corrected chi connectivity index (χ3v) is 5.26. The molecular formula is C22H32N6O2. The van der Waals surface area contributed by atoms with Crippen molar-refractivity contribution in [3.05, 3.63) is 47.3 Å². The Kier molecular flexibility index (Phi) is 7.32. The average molecular weight is 413 g/mol. The normalized spacial score (nSPS) is 15.2. The molecule has 3 rings (SSSR count). The van der Waals surface area contributed by atoms with Crippen molar-refractivity contribution in [3.63, 3.8) is 0 Å². The van der Waals surface area contributed by atoms with Crippen LogP contribution in [-0.4, -0.2) is 59.5 Å². The molecule has 8 nitrogen and oxygen atoms in total. The molecule has 30 heavy (non-hydrogen) atoms. The smallest absolute Gasteiger partial charge is 0.409 e. The first kappa shape index (κ1) is 21.7. The molecule has 1 fully saturated rings. The van der Waals surface area contributed by atoms with Crippen LogP contribution in [0.15, 0.2) is 35.3 Å². The minimum Gasteiger partial charge on any atom is -0.450 e. The SMILES string of the molecule is CCOC(=O)N1CCC(NC(=NC)NCc2ccccc2-n2nc(C)cc2C)CC1. The van der Waals surface area contributed by atoms with Gasteiger partial charge in [0, 0.05) is 38.4 Å². The second kappa shape index (κ2) is 10.1. The van der Waals surface area contributed by atoms with E-state index in [4.69, 9.17) is 4.74 Å². The molecule has 0 spiro atoms. The summed E-state index contributed by atoms with van der Waals surface area (Å²) in [4.78, 5) is 18.0. The molecule has 2 aromatic rings. The second-order valence-electron chi connectivity index (χ2n) is 7.50. The van der Waals surface area contributed by atoms with Crippen LogP contribution in [0.3, 0.4) is 0 Å². The largest absolute Gasteiger partial charge is 0.450 e. The number of nitrogens with one attached hydrogen (secondary N) is 2. The number of guanidine groups is 1. The number of para-hydroxylation sites is 1. The third-order valence-electron chi connectivity index (χ3n) is 5.26. The van der Waals surface area contributed by atoms with Gasteiger partial charge in [-0.15, -0.1) is 0 Å². The molecule has 2 heterocycles. The van der Waals surface area contributed by atoms with Crippen molar-refractivity contribution in [2.45, 2.75) is 46.2 Å². The molecule has 162 valence electrons. The highest BCUT2D eigenvalue weighted by Gasteiger charge is 2.24. The fourth-order valence-corrected chi connectivity index (χ4v) is 3.73. The Hall–Kier alpha value is -3.03. The summed E-state index contributed by atoms with van der Waals surface area (Å²) < 4.78 is 7.07. The summed E-state index contributed by atoms with van der Waals surface area (Å²) in [6.45, 7) is 8.32. The van der Waals surface area contributed by atoms with Gasteiger partial charge < -0.3 is 20.3 Å². The van der Waals surface area contributed by atoms with Gasteiger partial charge in [-0.3, -0.25) is 4.99 Å². The van der Waals surface area contributed by atoms with Gasteiger partial charge in [0.05, 0.1) is 18.0 Å². The maximum Gasteiger partial charge on any atom is 0.409 e. The number of carbonyl (C=O) groups is 1. The topological polar surface area (TPSA) is 83.8 Å². The van der Waals surface area contributed by atoms with Crippen LogP contribution < -0.4 is 10.6 Å². The molecule has 1 saturated heterocycles. The van der Waals surface area contributed by atoms with Crippen molar-refractivity contribution in [2.24, 2.45) is 4.99 Å². The number of nitrogens with zero attached hydrogens (tertiary/aromatic N) is 4. The number of aliphatic imine (C=N–C) groups is 1. The zero-order chi connectivity index (χ0) is 21.5. The molecule has 0 saturated carbocycles. The number of carbonyl (C=O) groups excluding carboxylic acids is 1. The van der Waals surface area contributed by atoms with E-state index in [1.807, 2.05) is 30.7 Å². The van der Waals surface area contributed by atoms with E-state index < -0.39 is 0 Å². The van der Waals surface area contributed by atoms with Crippen molar-refractivity contribution < 1.29 is 9.53 Å². The summed E-state index contributed by atoms with van der Waals surface area (Å²) in [6.07, 6.45) is 1.50. The lowest BCUT2D eigenvalue weighted by molar-refractivity contribution is 0.0963. The molecule has 0 aliphatic carbocycles. The van der Waals surface area contributed by atoms with Crippen LogP contribution in [0.4, 0.5) is 4.79 Å². The van der Waals surface area contributed by atoms with E-state index in [9.17, 15) is 4.79 Å². The fraction of sp³-hybridized carbons (Fsp3) is 0.500. The number of ether oxygens (including phenoxy) is 1. The molecule has 0 atom stereocenters. The van der Waals surface area contributed by atoms with E-state index in [0.29, 0.717) is 26.2 Å². The molecular weight excluding hydrogens is 380 g/mol. The average Bonchev–Trinajstić information content (AvgIpc) is 3.09. The number of likely N-dealkylation sites (tertiary alicyclic amines) is 1. The van der Waals surface area contributed by atoms with Crippen LogP contribution in [0.5, 0.6) is 0 Å². The Bertz CT molecular complexity index is 884. The Morgan fingerprint density at radius 2 is 2.00 bits per heavy atom. The number of hydrogen-bond acceptors (Lipinski definition) is 4. The first-order valence-electron chi connectivity index (χ1n) is 10.5. The van der Waals surface area contributed by atoms with Crippen molar-refractivity contribution >= 4 is 12.1 Å². The van der Waals surface area contributed by atoms with E-state index in [2.05, 4.69) is 45.8 Å². The number of aromatic nitrogens is 2. The van der Waals surface area contributed by atoms with Crippen LogP contribution in [0, 0.1) is 13.8 Å². The molecule has 1 amide bonds. The van der Waals surface area contributed by atoms with Gasteiger partial charge in [-0.25, -0.2) is 9.48 Å². The zero-order valence-corrected chi connectivity index (χ0v) is 18.3. The summed E-state index contributed by atoms with van der Waals surface area (Å²) in [7, 11) is 1.77. The predicted molar refractivity (Wildman–Crippen MR) is 118 cm³/mol. The van der Waals surface area contributed by atoms with Crippen LogP contribution in [0.25, 0.3) is 5.69 Å². The maximum atomic E-state index is 11.9. The standard InChI is InChI=1S/C22H32N6O2/c1-5-30-22(29)27-12-10-19(11-13-27)25-21(23-4)24-15-18-8-6-7-9-20(18)28-17(3)14-16(2)26-28/h6-9,14,19H,5,10-13,15H2,1-4H3,(H2,23,24,25). The number of amides is 1. The van der Waals surface area contributed by atoms with Gasteiger partial charge in [0.2, 0.25) is 0 Å². The lowest BCUT2D eigenvalue weighted by Crippen LogP contribution is -2.49. The van der Waals surface area contributed by atoms with Gasteiger partial charge in [-0.05, 0) is 51.3 Å². The minimum atomic E-state index is -0.223. The van der Waals surface area contributed by atoms with Gasteiger partial charge in [0.1, 0.15) is 0 Å². The first-order chi connectivity index (χ1) is 14.5. The van der Waals surface area contributed by atoms with Crippen LogP contribution in [0.1, 0.15) is 36.7 Å². The maximum absolute atomic E-state index is 11.9. The van der Waals surface area contributed by atoms with Crippen molar-refractivity contribution in [3.8, 4) is 5.69 Å². The van der Waals surface area contributed by atoms with E-state index in [1.54, 1.807) is 11.9 Å². The first-order valence-corrected chi connectivity index (χ1v) is 10.5. The number of benzene rings is 1. The van der Waals surface area contributed by atoms with E-state index >= 15 is 0 Å². The molecule has 1 aromatic heterocycles. The van der Waals surface area contributed by atoms with Gasteiger partial charge in [0.25, 0.3) is 0 Å². The Morgan fingerprint density at radius 3 is 2.63 bits per heavy atom. The lowest BCUT2D eigenvalue weighted by Gasteiger charge is -2.32. The molecule has 1 aliphatic rings. The van der Waals surface area contributed by atoms with Crippen molar-refractivity contribution in [1.82, 2.24) is 25.3 Å². The van der Waals surface area contributed by atoms with Gasteiger partial charge in [-0.1, -0.05) is 18.2 Å². The van der Waals surface area contributed by atoms with E-state index in [-0.39, 0.29) is 12.1 Å². The second-order valence-corrected chi connectivity index (χ2v) is 7.50. The van der Waals surface area contributed by atoms with E-state index in [1.165, 1.54) is 0 Å². The van der Waals surface area contributed by atoms with Crippen molar-refractivity contribution in [1.29, 1.82) is 0 Å². The number of hydrogen-bond donors (Lipinski definition) is 2. The highest BCUT2D eigenvalue weighted by molar-refractivity contribution is 5.80. The van der Waals surface area contributed by atoms with Gasteiger partial charge in [-0.2, -0.15) is 5.10 Å². The van der Waals surface area contributed by atoms with Gasteiger partial charge in [0.15, 0.2) is 5.96 Å². The number of piperidine rings is 1. The number of aryl methyl sites for hydroxylation is 2. The summed E-state index contributed by atoms with van der Waals surface area (Å²) in [6, 6.07) is 10.6. The van der Waals surface area contributed by atoms with Crippen LogP contribution >= 0.6 is 0 Å². The molecule has 1 aromatic carbocycles. The Balaban J connectivity index is 1.57. The minimum absolute atomic E-state index is 0.223. The summed E-state index contributed by atoms with van der Waals surface area (Å²) in [5.41, 5.74) is 4.32. The molecule has 0 unspecified atom stereocenters. The summed E-state index contributed by atoms with van der Waals surface area (Å²) in [5, 5.41) is 11.5. The summed E-state index contributed by atoms with van der Waals surface area (Å²) in [5.74, 6) is 0.757. The van der Waals surface area contributed by atoms with Crippen LogP contribution in [0.2, 0.25) is 0 Å².